The lowest BCUT2D eigenvalue weighted by Gasteiger charge is -2.26. The molecule has 4 aromatic carbocycles. The van der Waals surface area contributed by atoms with E-state index in [-0.39, 0.29) is 38.5 Å². The van der Waals surface area contributed by atoms with E-state index in [9.17, 15) is 24.0 Å². The van der Waals surface area contributed by atoms with E-state index >= 15 is 0 Å². The number of hydrogen-bond acceptors (Lipinski definition) is 6. The monoisotopic (exact) mass is 701 g/mol. The van der Waals surface area contributed by atoms with Gasteiger partial charge in [0.15, 0.2) is 0 Å². The van der Waals surface area contributed by atoms with Gasteiger partial charge in [-0.15, -0.1) is 4.68 Å². The van der Waals surface area contributed by atoms with E-state index in [0.717, 1.165) is 20.3 Å². The first kappa shape index (κ1) is 37.2. The molecule has 2 atom stereocenters. The molecule has 0 radical (unpaired) electrons. The molecule has 11 heteroatoms. The average Bonchev–Trinajstić information content (AvgIpc) is 3.16. The molecule has 0 bridgehead atoms. The molecule has 0 spiro atoms. The third kappa shape index (κ3) is 10.0. The number of nitrogens with one attached hydrogen (secondary N) is 2. The number of carbonyl (C=O) groups excluding carboxylic acids is 2. The highest BCUT2D eigenvalue weighted by Crippen LogP contribution is 2.26. The van der Waals surface area contributed by atoms with Crippen molar-refractivity contribution in [2.75, 3.05) is 5.43 Å². The van der Waals surface area contributed by atoms with E-state index < -0.39 is 40.7 Å². The Hall–Kier alpha value is -6.07. The lowest BCUT2D eigenvalue weighted by molar-refractivity contribution is -0.143. The fourth-order valence-corrected chi connectivity index (χ4v) is 5.90. The fourth-order valence-electron chi connectivity index (χ4n) is 5.90. The van der Waals surface area contributed by atoms with Gasteiger partial charge in [-0.2, -0.15) is 0 Å². The Morgan fingerprint density at radius 2 is 1.12 bits per heavy atom. The molecule has 2 amide bonds. The van der Waals surface area contributed by atoms with Crippen molar-refractivity contribution in [2.45, 2.75) is 46.4 Å². The number of carbonyl (C=O) groups is 2. The molecule has 268 valence electrons. The Bertz CT molecular complexity index is 2050. The van der Waals surface area contributed by atoms with E-state index in [2.05, 4.69) is 10.9 Å². The van der Waals surface area contributed by atoms with Crippen molar-refractivity contribution in [3.63, 3.8) is 0 Å². The van der Waals surface area contributed by atoms with E-state index in [1.807, 2.05) is 98.8 Å². The molecule has 11 nitrogen and oxygen atoms in total. The van der Waals surface area contributed by atoms with Crippen LogP contribution in [0.1, 0.15) is 48.9 Å². The fraction of sp³-hybridized carbons (Fsp3) is 0.244. The van der Waals surface area contributed by atoms with Crippen molar-refractivity contribution in [2.24, 2.45) is 17.8 Å². The quantitative estimate of drug-likeness (QED) is 0.140. The Morgan fingerprint density at radius 1 is 0.635 bits per heavy atom. The first-order chi connectivity index (χ1) is 25.2. The molecule has 0 saturated heterocycles. The zero-order valence-electron chi connectivity index (χ0n) is 29.3. The number of hydroxylamine groups is 1. The SMILES string of the molecule is CC(C)C[C@@H](C(=O)Nn1c(=O)n(Cc2ccccc2)c(=O)n(Cc2ccccc2)c1=O)C(C/C=C/c1ccccc1)C(=O)NOCc1ccccc1. The second-order valence-electron chi connectivity index (χ2n) is 12.9. The summed E-state index contributed by atoms with van der Waals surface area (Å²) in [6.07, 6.45) is 4.08. The van der Waals surface area contributed by atoms with Gasteiger partial charge in [0, 0.05) is 0 Å². The summed E-state index contributed by atoms with van der Waals surface area (Å²) in [5, 5.41) is 0. The molecule has 0 aliphatic carbocycles. The summed E-state index contributed by atoms with van der Waals surface area (Å²) < 4.78 is 2.41. The number of nitrogens with zero attached hydrogens (tertiary/aromatic N) is 3. The molecule has 0 aliphatic heterocycles. The van der Waals surface area contributed by atoms with Crippen LogP contribution in [-0.4, -0.2) is 25.6 Å². The lowest BCUT2D eigenvalue weighted by Crippen LogP contribution is -2.58. The van der Waals surface area contributed by atoms with E-state index in [1.54, 1.807) is 48.5 Å². The molecule has 5 aromatic rings. The molecular formula is C41H43N5O6. The highest BCUT2D eigenvalue weighted by molar-refractivity contribution is 5.91. The minimum Gasteiger partial charge on any atom is -0.273 e. The summed E-state index contributed by atoms with van der Waals surface area (Å²) in [5.74, 6) is -3.25. The number of rotatable bonds is 16. The van der Waals surface area contributed by atoms with Gasteiger partial charge in [-0.25, -0.2) is 29.0 Å². The standard InChI is InChI=1S/C41H43N5O6/c1-30(2)26-36(35(25-15-24-31-16-7-3-8-17-31)38(48)43-52-29-34-22-13-6-14-23-34)37(47)42-46-40(50)44(27-32-18-9-4-10-19-32)39(49)45(41(46)51)28-33-20-11-5-12-21-33/h3-24,30,35-36H,25-29H2,1-2H3,(H,42,47)(H,43,48)/b24-15+/t35?,36-/m1/s1. The van der Waals surface area contributed by atoms with Crippen LogP contribution in [0.3, 0.4) is 0 Å². The molecule has 0 aliphatic rings. The van der Waals surface area contributed by atoms with Gasteiger partial charge in [0.1, 0.15) is 0 Å². The molecule has 0 saturated carbocycles. The van der Waals surface area contributed by atoms with Crippen molar-refractivity contribution in [1.29, 1.82) is 0 Å². The smallest absolute Gasteiger partial charge is 0.273 e. The maximum atomic E-state index is 14.3. The molecule has 2 N–H and O–H groups in total. The highest BCUT2D eigenvalue weighted by atomic mass is 16.6. The van der Waals surface area contributed by atoms with Gasteiger partial charge in [0.25, 0.3) is 0 Å². The van der Waals surface area contributed by atoms with E-state index in [1.165, 1.54) is 0 Å². The second kappa shape index (κ2) is 18.2. The average molecular weight is 702 g/mol. The number of allylic oxidation sites excluding steroid dienone is 1. The highest BCUT2D eigenvalue weighted by Gasteiger charge is 2.35. The minimum absolute atomic E-state index is 0.0483. The summed E-state index contributed by atoms with van der Waals surface area (Å²) in [6, 6.07) is 36.6. The van der Waals surface area contributed by atoms with Crippen LogP contribution < -0.4 is 28.0 Å². The van der Waals surface area contributed by atoms with Gasteiger partial charge in [-0.1, -0.05) is 147 Å². The van der Waals surface area contributed by atoms with E-state index in [4.69, 9.17) is 4.84 Å². The largest absolute Gasteiger partial charge is 0.356 e. The molecule has 0 fully saturated rings. The predicted molar refractivity (Wildman–Crippen MR) is 201 cm³/mol. The van der Waals surface area contributed by atoms with Gasteiger partial charge in [-0.3, -0.25) is 19.9 Å². The summed E-state index contributed by atoms with van der Waals surface area (Å²) in [6.45, 7) is 3.68. The van der Waals surface area contributed by atoms with Crippen LogP contribution in [0.25, 0.3) is 6.08 Å². The van der Waals surface area contributed by atoms with Crippen LogP contribution in [0.15, 0.2) is 142 Å². The van der Waals surface area contributed by atoms with Crippen LogP contribution in [0.5, 0.6) is 0 Å². The third-order valence-corrected chi connectivity index (χ3v) is 8.53. The maximum absolute atomic E-state index is 14.3. The van der Waals surface area contributed by atoms with Crippen LogP contribution in [-0.2, 0) is 34.1 Å². The van der Waals surface area contributed by atoms with Crippen molar-refractivity contribution in [3.8, 4) is 0 Å². The summed E-state index contributed by atoms with van der Waals surface area (Å²) in [4.78, 5) is 75.2. The Morgan fingerprint density at radius 3 is 1.62 bits per heavy atom. The van der Waals surface area contributed by atoms with Crippen molar-refractivity contribution < 1.29 is 14.4 Å². The normalized spacial score (nSPS) is 12.4. The van der Waals surface area contributed by atoms with Crippen molar-refractivity contribution in [1.82, 2.24) is 19.3 Å². The molecule has 52 heavy (non-hydrogen) atoms. The number of amides is 2. The summed E-state index contributed by atoms with van der Waals surface area (Å²) >= 11 is 0. The van der Waals surface area contributed by atoms with Crippen molar-refractivity contribution in [3.05, 3.63) is 181 Å². The van der Waals surface area contributed by atoms with Crippen LogP contribution in [0.2, 0.25) is 0 Å². The molecule has 5 rings (SSSR count). The van der Waals surface area contributed by atoms with Gasteiger partial charge in [0.2, 0.25) is 11.8 Å². The van der Waals surface area contributed by atoms with Gasteiger partial charge in [-0.05, 0) is 41.0 Å². The Balaban J connectivity index is 1.50. The molecule has 1 unspecified atom stereocenters. The number of aromatic nitrogens is 3. The van der Waals surface area contributed by atoms with Crippen molar-refractivity contribution >= 4 is 17.9 Å². The molecular weight excluding hydrogens is 658 g/mol. The topological polar surface area (TPSA) is 133 Å². The minimum atomic E-state index is -1.00. The predicted octanol–water partition coefficient (Wildman–Crippen LogP) is 4.97. The first-order valence-corrected chi connectivity index (χ1v) is 17.2. The third-order valence-electron chi connectivity index (χ3n) is 8.53. The zero-order chi connectivity index (χ0) is 36.9. The lowest BCUT2D eigenvalue weighted by atomic mass is 9.82. The van der Waals surface area contributed by atoms with Gasteiger partial charge >= 0.3 is 17.1 Å². The summed E-state index contributed by atoms with van der Waals surface area (Å²) in [5.41, 5.74) is 5.28. The number of hydrogen-bond donors (Lipinski definition) is 2. The Labute approximate surface area is 301 Å². The Kier molecular flexibility index (Phi) is 13.1. The van der Waals surface area contributed by atoms with Crippen LogP contribution in [0, 0.1) is 17.8 Å². The van der Waals surface area contributed by atoms with Gasteiger partial charge in [0.05, 0.1) is 31.5 Å². The zero-order valence-corrected chi connectivity index (χ0v) is 29.3. The second-order valence-corrected chi connectivity index (χ2v) is 12.9. The first-order valence-electron chi connectivity index (χ1n) is 17.2. The maximum Gasteiger partial charge on any atom is 0.356 e. The molecule has 1 aromatic heterocycles. The van der Waals surface area contributed by atoms with Gasteiger partial charge < -0.3 is 0 Å². The number of benzene rings is 4. The van der Waals surface area contributed by atoms with Crippen LogP contribution >= 0.6 is 0 Å². The molecule has 1 heterocycles. The van der Waals surface area contributed by atoms with Crippen LogP contribution in [0.4, 0.5) is 0 Å². The van der Waals surface area contributed by atoms with E-state index in [0.29, 0.717) is 15.8 Å². The summed E-state index contributed by atoms with van der Waals surface area (Å²) in [7, 11) is 0.